The van der Waals surface area contributed by atoms with E-state index in [0.717, 1.165) is 10.5 Å². The molecule has 0 saturated heterocycles. The third-order valence-corrected chi connectivity index (χ3v) is 4.55. The summed E-state index contributed by atoms with van der Waals surface area (Å²) in [6, 6.07) is 6.62. The molecule has 7 heteroatoms. The highest BCUT2D eigenvalue weighted by Crippen LogP contribution is 2.36. The Morgan fingerprint density at radius 2 is 2.10 bits per heavy atom. The number of nitrogens with two attached hydrogens (primary N) is 1. The van der Waals surface area contributed by atoms with Crippen molar-refractivity contribution in [3.63, 3.8) is 0 Å². The Morgan fingerprint density at radius 3 is 2.71 bits per heavy atom. The van der Waals surface area contributed by atoms with E-state index in [-0.39, 0.29) is 24.0 Å². The smallest absolute Gasteiger partial charge is 0.326 e. The van der Waals surface area contributed by atoms with E-state index in [2.05, 4.69) is 5.32 Å². The highest BCUT2D eigenvalue weighted by Gasteiger charge is 2.30. The minimum absolute atomic E-state index is 0.000736. The molecule has 0 spiro atoms. The van der Waals surface area contributed by atoms with E-state index < -0.39 is 17.9 Å². The topological polar surface area (TPSA) is 109 Å². The molecule has 2 rings (SSSR count). The number of carboxylic acids is 1. The van der Waals surface area contributed by atoms with Crippen LogP contribution in [-0.2, 0) is 20.8 Å². The third kappa shape index (κ3) is 3.98. The van der Waals surface area contributed by atoms with Gasteiger partial charge in [0.25, 0.3) is 0 Å². The van der Waals surface area contributed by atoms with E-state index in [0.29, 0.717) is 6.42 Å². The first-order valence-electron chi connectivity index (χ1n) is 6.53. The largest absolute Gasteiger partial charge is 0.480 e. The SMILES string of the molecule is NC(=O)CC[C@H](NC(=O)C1Cc2ccccc2S1)C(=O)O. The summed E-state index contributed by atoms with van der Waals surface area (Å²) in [7, 11) is 0. The van der Waals surface area contributed by atoms with Gasteiger partial charge in [-0.15, -0.1) is 11.8 Å². The van der Waals surface area contributed by atoms with Gasteiger partial charge in [0, 0.05) is 11.3 Å². The Labute approximate surface area is 126 Å². The van der Waals surface area contributed by atoms with E-state index in [1.807, 2.05) is 24.3 Å². The lowest BCUT2D eigenvalue weighted by atomic mass is 10.1. The van der Waals surface area contributed by atoms with Crippen molar-refractivity contribution in [3.05, 3.63) is 29.8 Å². The zero-order valence-corrected chi connectivity index (χ0v) is 12.1. The molecule has 4 N–H and O–H groups in total. The number of aliphatic carboxylic acids is 1. The molecule has 1 aliphatic heterocycles. The molecule has 2 atom stereocenters. The molecule has 1 aliphatic rings. The molecule has 1 unspecified atom stereocenters. The number of hydrogen-bond acceptors (Lipinski definition) is 4. The van der Waals surface area contributed by atoms with E-state index in [4.69, 9.17) is 10.8 Å². The molecule has 112 valence electrons. The van der Waals surface area contributed by atoms with Gasteiger partial charge in [0.2, 0.25) is 11.8 Å². The van der Waals surface area contributed by atoms with Gasteiger partial charge < -0.3 is 16.2 Å². The maximum atomic E-state index is 12.2. The van der Waals surface area contributed by atoms with Gasteiger partial charge in [-0.05, 0) is 24.5 Å². The van der Waals surface area contributed by atoms with E-state index in [1.165, 1.54) is 11.8 Å². The standard InChI is InChI=1S/C14H16N2O4S/c15-12(17)6-5-9(14(19)20)16-13(18)11-7-8-3-1-2-4-10(8)21-11/h1-4,9,11H,5-7H2,(H2,15,17)(H,16,18)(H,19,20)/t9-,11?/m0/s1. The number of thioether (sulfide) groups is 1. The molecule has 1 aromatic rings. The third-order valence-electron chi connectivity index (χ3n) is 3.23. The molecule has 21 heavy (non-hydrogen) atoms. The van der Waals surface area contributed by atoms with Crippen LogP contribution in [0, 0.1) is 0 Å². The molecule has 0 radical (unpaired) electrons. The first-order chi connectivity index (χ1) is 9.97. The number of rotatable bonds is 6. The Morgan fingerprint density at radius 1 is 1.38 bits per heavy atom. The summed E-state index contributed by atoms with van der Waals surface area (Å²) in [5.74, 6) is -2.07. The van der Waals surface area contributed by atoms with Crippen LogP contribution in [0.1, 0.15) is 18.4 Å². The van der Waals surface area contributed by atoms with Gasteiger partial charge >= 0.3 is 5.97 Å². The predicted octanol–water partition coefficient (Wildman–Crippen LogP) is 0.538. The quantitative estimate of drug-likeness (QED) is 0.710. The monoisotopic (exact) mass is 308 g/mol. The lowest BCUT2D eigenvalue weighted by molar-refractivity contribution is -0.142. The summed E-state index contributed by atoms with van der Waals surface area (Å²) in [5, 5.41) is 11.2. The summed E-state index contributed by atoms with van der Waals surface area (Å²) < 4.78 is 0. The molecule has 0 aromatic heterocycles. The second-order valence-corrected chi connectivity index (χ2v) is 6.07. The normalized spacial score (nSPS) is 17.8. The van der Waals surface area contributed by atoms with Gasteiger partial charge in [0.15, 0.2) is 0 Å². The maximum Gasteiger partial charge on any atom is 0.326 e. The number of nitrogens with one attached hydrogen (secondary N) is 1. The second kappa shape index (κ2) is 6.62. The van der Waals surface area contributed by atoms with Crippen LogP contribution in [0.3, 0.4) is 0 Å². The van der Waals surface area contributed by atoms with Crippen molar-refractivity contribution in [3.8, 4) is 0 Å². The number of benzene rings is 1. The van der Waals surface area contributed by atoms with Gasteiger partial charge in [0.1, 0.15) is 6.04 Å². The van der Waals surface area contributed by atoms with Crippen molar-refractivity contribution in [1.82, 2.24) is 5.32 Å². The first-order valence-corrected chi connectivity index (χ1v) is 7.41. The fourth-order valence-corrected chi connectivity index (χ4v) is 3.34. The number of fused-ring (bicyclic) bond motifs is 1. The number of carboxylic acid groups (broad SMARTS) is 1. The van der Waals surface area contributed by atoms with Crippen molar-refractivity contribution < 1.29 is 19.5 Å². The summed E-state index contributed by atoms with van der Waals surface area (Å²) >= 11 is 1.43. The van der Waals surface area contributed by atoms with Crippen LogP contribution in [0.5, 0.6) is 0 Å². The Bertz CT molecular complexity index is 551. The predicted molar refractivity (Wildman–Crippen MR) is 77.8 cm³/mol. The van der Waals surface area contributed by atoms with Crippen molar-refractivity contribution in [1.29, 1.82) is 0 Å². The van der Waals surface area contributed by atoms with Gasteiger partial charge in [-0.1, -0.05) is 18.2 Å². The minimum atomic E-state index is -1.16. The van der Waals surface area contributed by atoms with E-state index in [9.17, 15) is 14.4 Å². The minimum Gasteiger partial charge on any atom is -0.480 e. The van der Waals surface area contributed by atoms with Gasteiger partial charge in [-0.3, -0.25) is 9.59 Å². The molecule has 0 aliphatic carbocycles. The zero-order chi connectivity index (χ0) is 15.4. The molecule has 1 heterocycles. The number of carbonyl (C=O) groups is 3. The van der Waals surface area contributed by atoms with Crippen LogP contribution in [0.25, 0.3) is 0 Å². The summed E-state index contributed by atoms with van der Waals surface area (Å²) in [4.78, 5) is 35.0. The molecule has 0 saturated carbocycles. The van der Waals surface area contributed by atoms with Crippen LogP contribution >= 0.6 is 11.8 Å². The van der Waals surface area contributed by atoms with Crippen LogP contribution in [-0.4, -0.2) is 34.2 Å². The van der Waals surface area contributed by atoms with Gasteiger partial charge in [-0.2, -0.15) is 0 Å². The Kier molecular flexibility index (Phi) is 4.85. The first kappa shape index (κ1) is 15.4. The summed E-state index contributed by atoms with van der Waals surface area (Å²) in [6.07, 6.45) is 0.505. The molecule has 0 bridgehead atoms. The van der Waals surface area contributed by atoms with Crippen molar-refractivity contribution in [2.75, 3.05) is 0 Å². The van der Waals surface area contributed by atoms with Crippen molar-refractivity contribution in [2.45, 2.75) is 35.4 Å². The molecule has 2 amide bonds. The van der Waals surface area contributed by atoms with Crippen LogP contribution in [0.4, 0.5) is 0 Å². The highest BCUT2D eigenvalue weighted by molar-refractivity contribution is 8.01. The van der Waals surface area contributed by atoms with Gasteiger partial charge in [-0.25, -0.2) is 4.79 Å². The van der Waals surface area contributed by atoms with Gasteiger partial charge in [0.05, 0.1) is 5.25 Å². The summed E-state index contributed by atoms with van der Waals surface area (Å²) in [6.45, 7) is 0. The second-order valence-electron chi connectivity index (χ2n) is 4.82. The van der Waals surface area contributed by atoms with Crippen LogP contribution in [0.2, 0.25) is 0 Å². The fraction of sp³-hybridized carbons (Fsp3) is 0.357. The lowest BCUT2D eigenvalue weighted by Gasteiger charge is -2.16. The summed E-state index contributed by atoms with van der Waals surface area (Å²) in [5.41, 5.74) is 6.09. The Balaban J connectivity index is 1.94. The average molecular weight is 308 g/mol. The molecule has 6 nitrogen and oxygen atoms in total. The molecule has 0 fully saturated rings. The fourth-order valence-electron chi connectivity index (χ4n) is 2.14. The average Bonchev–Trinajstić information content (AvgIpc) is 2.86. The molecule has 1 aromatic carbocycles. The van der Waals surface area contributed by atoms with Crippen molar-refractivity contribution in [2.24, 2.45) is 5.73 Å². The van der Waals surface area contributed by atoms with Crippen LogP contribution in [0.15, 0.2) is 29.2 Å². The zero-order valence-electron chi connectivity index (χ0n) is 11.2. The number of hydrogen-bond donors (Lipinski definition) is 3. The highest BCUT2D eigenvalue weighted by atomic mass is 32.2. The number of carbonyl (C=O) groups excluding carboxylic acids is 2. The molecular weight excluding hydrogens is 292 g/mol. The van der Waals surface area contributed by atoms with Crippen molar-refractivity contribution >= 4 is 29.5 Å². The number of primary amides is 1. The van der Waals surface area contributed by atoms with E-state index in [1.54, 1.807) is 0 Å². The molecular formula is C14H16N2O4S. The maximum absolute atomic E-state index is 12.2. The Hall–Kier alpha value is -2.02. The lowest BCUT2D eigenvalue weighted by Crippen LogP contribution is -2.45. The number of amides is 2. The van der Waals surface area contributed by atoms with Crippen LogP contribution < -0.4 is 11.1 Å². The van der Waals surface area contributed by atoms with E-state index >= 15 is 0 Å².